The Bertz CT molecular complexity index is 1030. The van der Waals surface area contributed by atoms with Crippen LogP contribution in [0, 0.1) is 0 Å². The summed E-state index contributed by atoms with van der Waals surface area (Å²) < 4.78 is 2.35. The monoisotopic (exact) mass is 396 g/mol. The van der Waals surface area contributed by atoms with Gasteiger partial charge in [-0.2, -0.15) is 0 Å². The highest BCUT2D eigenvalue weighted by molar-refractivity contribution is 5.99. The Morgan fingerprint density at radius 1 is 1.07 bits per heavy atom. The minimum atomic E-state index is -0.862. The van der Waals surface area contributed by atoms with Crippen molar-refractivity contribution in [3.05, 3.63) is 53.6 Å². The van der Waals surface area contributed by atoms with Crippen LogP contribution in [-0.2, 0) is 6.54 Å². The number of nitrogens with zero attached hydrogens (tertiary/aromatic N) is 1. The van der Waals surface area contributed by atoms with Crippen molar-refractivity contribution in [2.24, 2.45) is 0 Å². The molecule has 0 unspecified atom stereocenters. The van der Waals surface area contributed by atoms with Gasteiger partial charge >= 0.3 is 5.97 Å². The van der Waals surface area contributed by atoms with Crippen LogP contribution in [-0.4, -0.2) is 22.2 Å². The molecule has 5 rings (SSSR count). The van der Waals surface area contributed by atoms with E-state index in [-0.39, 0.29) is 12.4 Å². The van der Waals surface area contributed by atoms with Gasteiger partial charge in [-0.1, -0.05) is 43.5 Å². The first-order chi connectivity index (χ1) is 13.2. The minimum absolute atomic E-state index is 0. The number of carboxylic acid groups (broad SMARTS) is 1. The van der Waals surface area contributed by atoms with Crippen molar-refractivity contribution in [1.29, 1.82) is 0 Å². The molecule has 1 aliphatic carbocycles. The van der Waals surface area contributed by atoms with Crippen molar-refractivity contribution in [2.75, 3.05) is 11.9 Å². The fraction of sp³-hybridized carbons (Fsp3) is 0.348. The van der Waals surface area contributed by atoms with Gasteiger partial charge in [-0.15, -0.1) is 12.4 Å². The first kappa shape index (κ1) is 18.9. The van der Waals surface area contributed by atoms with Crippen LogP contribution in [0.25, 0.3) is 22.2 Å². The predicted molar refractivity (Wildman–Crippen MR) is 116 cm³/mol. The molecule has 5 heteroatoms. The number of hydrogen-bond acceptors (Lipinski definition) is 2. The molecule has 2 N–H and O–H groups in total. The summed E-state index contributed by atoms with van der Waals surface area (Å²) in [4.78, 5) is 11.6. The molecule has 146 valence electrons. The number of aromatic carboxylic acids is 1. The molecule has 1 aromatic heterocycles. The zero-order valence-corrected chi connectivity index (χ0v) is 16.6. The molecule has 2 aliphatic rings. The molecule has 0 bridgehead atoms. The van der Waals surface area contributed by atoms with Gasteiger partial charge in [0.15, 0.2) is 0 Å². The van der Waals surface area contributed by atoms with E-state index in [4.69, 9.17) is 0 Å². The summed E-state index contributed by atoms with van der Waals surface area (Å²) >= 11 is 0. The number of carboxylic acids is 1. The average Bonchev–Trinajstić information content (AvgIpc) is 2.90. The van der Waals surface area contributed by atoms with E-state index in [0.717, 1.165) is 18.6 Å². The number of anilines is 1. The summed E-state index contributed by atoms with van der Waals surface area (Å²) in [6, 6.07) is 14.2. The van der Waals surface area contributed by atoms with Crippen molar-refractivity contribution in [1.82, 2.24) is 4.57 Å². The summed E-state index contributed by atoms with van der Waals surface area (Å²) in [5.41, 5.74) is 6.56. The lowest BCUT2D eigenvalue weighted by Gasteiger charge is -2.23. The quantitative estimate of drug-likeness (QED) is 0.566. The van der Waals surface area contributed by atoms with Gasteiger partial charge in [0.05, 0.1) is 11.3 Å². The molecule has 28 heavy (non-hydrogen) atoms. The smallest absolute Gasteiger partial charge is 0.335 e. The maximum absolute atomic E-state index is 11.6. The lowest BCUT2D eigenvalue weighted by Crippen LogP contribution is -2.08. The highest BCUT2D eigenvalue weighted by Gasteiger charge is 2.28. The normalized spacial score (nSPS) is 16.4. The van der Waals surface area contributed by atoms with E-state index >= 15 is 0 Å². The Balaban J connectivity index is 0.00000192. The number of nitrogens with one attached hydrogen (secondary N) is 1. The van der Waals surface area contributed by atoms with Crippen molar-refractivity contribution in [3.63, 3.8) is 0 Å². The van der Waals surface area contributed by atoms with Crippen LogP contribution in [0.2, 0.25) is 0 Å². The third-order valence-corrected chi connectivity index (χ3v) is 6.20. The van der Waals surface area contributed by atoms with Gasteiger partial charge in [-0.3, -0.25) is 0 Å². The molecule has 0 spiro atoms. The molecule has 0 atom stereocenters. The molecule has 4 nitrogen and oxygen atoms in total. The topological polar surface area (TPSA) is 54.3 Å². The number of benzene rings is 2. The van der Waals surface area contributed by atoms with Gasteiger partial charge < -0.3 is 15.0 Å². The van der Waals surface area contributed by atoms with Crippen LogP contribution in [0.15, 0.2) is 42.5 Å². The van der Waals surface area contributed by atoms with Crippen LogP contribution in [0.5, 0.6) is 0 Å². The predicted octanol–water partition coefficient (Wildman–Crippen LogP) is 5.90. The average molecular weight is 397 g/mol. The maximum Gasteiger partial charge on any atom is 0.335 e. The second kappa shape index (κ2) is 7.51. The second-order valence-corrected chi connectivity index (χ2v) is 7.76. The third kappa shape index (κ3) is 2.96. The highest BCUT2D eigenvalue weighted by Crippen LogP contribution is 2.46. The number of fused-ring (bicyclic) bond motifs is 5. The van der Waals surface area contributed by atoms with E-state index in [1.54, 1.807) is 6.07 Å². The van der Waals surface area contributed by atoms with Crippen molar-refractivity contribution in [3.8, 4) is 11.3 Å². The van der Waals surface area contributed by atoms with E-state index < -0.39 is 5.97 Å². The number of carbonyl (C=O) groups is 1. The lowest BCUT2D eigenvalue weighted by molar-refractivity contribution is 0.0697. The zero-order chi connectivity index (χ0) is 18.4. The van der Waals surface area contributed by atoms with Crippen LogP contribution < -0.4 is 5.32 Å². The summed E-state index contributed by atoms with van der Waals surface area (Å²) in [6.45, 7) is 1.69. The second-order valence-electron chi connectivity index (χ2n) is 7.76. The summed E-state index contributed by atoms with van der Waals surface area (Å²) in [5, 5.41) is 14.3. The van der Waals surface area contributed by atoms with Gasteiger partial charge in [0.2, 0.25) is 0 Å². The van der Waals surface area contributed by atoms with E-state index in [9.17, 15) is 9.90 Å². The molecule has 0 saturated heterocycles. The minimum Gasteiger partial charge on any atom is -0.478 e. The van der Waals surface area contributed by atoms with E-state index in [0.29, 0.717) is 11.5 Å². The van der Waals surface area contributed by atoms with Gasteiger partial charge in [0.1, 0.15) is 0 Å². The molecule has 0 radical (unpaired) electrons. The fourth-order valence-corrected chi connectivity index (χ4v) is 4.98. The fourth-order valence-electron chi connectivity index (χ4n) is 4.98. The number of rotatable bonds is 2. The summed E-state index contributed by atoms with van der Waals surface area (Å²) in [5.74, 6) is -0.307. The first-order valence-electron chi connectivity index (χ1n) is 9.97. The molecule has 0 amide bonds. The van der Waals surface area contributed by atoms with E-state index in [1.165, 1.54) is 60.0 Å². The molecular formula is C23H25ClN2O2. The molecule has 1 aliphatic heterocycles. The maximum atomic E-state index is 11.6. The number of halogens is 1. The van der Waals surface area contributed by atoms with Crippen molar-refractivity contribution >= 4 is 35.0 Å². The Kier molecular flexibility index (Phi) is 5.07. The molecule has 1 fully saturated rings. The SMILES string of the molecule is Cl.O=C(O)c1ccc2c(C3CCCCC3)c3n(c2c1)CCNc1ccccc1-3. The van der Waals surface area contributed by atoms with E-state index in [1.807, 2.05) is 12.1 Å². The Labute approximate surface area is 171 Å². The van der Waals surface area contributed by atoms with E-state index in [2.05, 4.69) is 34.1 Å². The van der Waals surface area contributed by atoms with Gasteiger partial charge in [0, 0.05) is 35.2 Å². The Morgan fingerprint density at radius 3 is 2.64 bits per heavy atom. The third-order valence-electron chi connectivity index (χ3n) is 6.20. The van der Waals surface area contributed by atoms with Crippen molar-refractivity contribution in [2.45, 2.75) is 44.6 Å². The molecule has 1 saturated carbocycles. The number of aromatic nitrogens is 1. The summed E-state index contributed by atoms with van der Waals surface area (Å²) in [7, 11) is 0. The van der Waals surface area contributed by atoms with Gasteiger partial charge in [-0.05, 0) is 42.5 Å². The Hall–Kier alpha value is -2.46. The van der Waals surface area contributed by atoms with Crippen LogP contribution in [0.4, 0.5) is 5.69 Å². The standard InChI is InChI=1S/C23H24N2O2.ClH/c26-23(27)16-10-11-18-20(14-16)25-13-12-24-19-9-5-4-8-17(19)22(25)21(18)15-6-2-1-3-7-15;/h4-5,8-11,14-15,24H,1-3,6-7,12-13H2,(H,26,27);1H. The lowest BCUT2D eigenvalue weighted by atomic mass is 9.81. The summed E-state index contributed by atoms with van der Waals surface area (Å²) in [6.07, 6.45) is 6.34. The van der Waals surface area contributed by atoms with Crippen molar-refractivity contribution < 1.29 is 9.90 Å². The number of para-hydroxylation sites is 1. The Morgan fingerprint density at radius 2 is 1.86 bits per heavy atom. The largest absolute Gasteiger partial charge is 0.478 e. The number of hydrogen-bond donors (Lipinski definition) is 2. The van der Waals surface area contributed by atoms with Crippen LogP contribution in [0.1, 0.15) is 53.9 Å². The zero-order valence-electron chi connectivity index (χ0n) is 15.8. The van der Waals surface area contributed by atoms with Gasteiger partial charge in [-0.25, -0.2) is 4.79 Å². The first-order valence-corrected chi connectivity index (χ1v) is 9.97. The molecule has 2 heterocycles. The van der Waals surface area contributed by atoms with Crippen LogP contribution >= 0.6 is 12.4 Å². The molecular weight excluding hydrogens is 372 g/mol. The van der Waals surface area contributed by atoms with Crippen LogP contribution in [0.3, 0.4) is 0 Å². The molecule has 3 aromatic rings. The molecule has 2 aromatic carbocycles. The van der Waals surface area contributed by atoms with Gasteiger partial charge in [0.25, 0.3) is 0 Å². The highest BCUT2D eigenvalue weighted by atomic mass is 35.5.